The number of rotatable bonds is 1. The van der Waals surface area contributed by atoms with Crippen LogP contribution in [0.15, 0.2) is 18.2 Å². The second-order valence-electron chi connectivity index (χ2n) is 2.28. The molecule has 0 fully saturated rings. The molecule has 1 rings (SSSR count). The summed E-state index contributed by atoms with van der Waals surface area (Å²) < 4.78 is 4.77. The van der Waals surface area contributed by atoms with E-state index in [1.54, 1.807) is 12.1 Å². The minimum Gasteiger partial charge on any atom is -0.427 e. The molecule has 0 atom stereocenters. The van der Waals surface area contributed by atoms with Gasteiger partial charge in [-0.1, -0.05) is 11.6 Å². The Morgan fingerprint density at radius 1 is 1.58 bits per heavy atom. The second-order valence-corrected chi connectivity index (χ2v) is 2.68. The van der Waals surface area contributed by atoms with Crippen molar-refractivity contribution in [2.45, 2.75) is 6.92 Å². The van der Waals surface area contributed by atoms with Gasteiger partial charge in [0.1, 0.15) is 5.75 Å². The van der Waals surface area contributed by atoms with E-state index in [9.17, 15) is 4.79 Å². The molecular formula is C8H8ClNO2. The van der Waals surface area contributed by atoms with Gasteiger partial charge in [-0.05, 0) is 12.1 Å². The molecule has 3 nitrogen and oxygen atoms in total. The van der Waals surface area contributed by atoms with Gasteiger partial charge in [-0.15, -0.1) is 0 Å². The minimum absolute atomic E-state index is 0.378. The van der Waals surface area contributed by atoms with Crippen LogP contribution >= 0.6 is 11.6 Å². The zero-order chi connectivity index (χ0) is 9.14. The van der Waals surface area contributed by atoms with E-state index in [4.69, 9.17) is 22.1 Å². The molecule has 0 aliphatic rings. The third-order valence-corrected chi connectivity index (χ3v) is 1.57. The Bertz CT molecular complexity index is 312. The zero-order valence-electron chi connectivity index (χ0n) is 6.50. The predicted octanol–water partition coefficient (Wildman–Crippen LogP) is 1.85. The van der Waals surface area contributed by atoms with Crippen LogP contribution in [0.4, 0.5) is 5.69 Å². The lowest BCUT2D eigenvalue weighted by Gasteiger charge is -2.02. The van der Waals surface area contributed by atoms with Crippen molar-refractivity contribution in [3.8, 4) is 5.75 Å². The summed E-state index contributed by atoms with van der Waals surface area (Å²) in [5, 5.41) is 0.450. The lowest BCUT2D eigenvalue weighted by Crippen LogP contribution is -2.01. The van der Waals surface area contributed by atoms with Gasteiger partial charge in [0, 0.05) is 13.0 Å². The first-order valence-corrected chi connectivity index (χ1v) is 3.71. The van der Waals surface area contributed by atoms with Crippen LogP contribution in [0.1, 0.15) is 6.92 Å². The van der Waals surface area contributed by atoms with E-state index in [1.807, 2.05) is 0 Å². The van der Waals surface area contributed by atoms with E-state index in [-0.39, 0.29) is 5.97 Å². The molecule has 0 saturated heterocycles. The predicted molar refractivity (Wildman–Crippen MR) is 47.2 cm³/mol. The molecule has 1 aromatic carbocycles. The Balaban J connectivity index is 2.89. The first kappa shape index (κ1) is 8.87. The molecule has 4 heteroatoms. The Labute approximate surface area is 75.1 Å². The van der Waals surface area contributed by atoms with Gasteiger partial charge in [0.2, 0.25) is 0 Å². The summed E-state index contributed by atoms with van der Waals surface area (Å²) >= 11 is 5.65. The normalized spacial score (nSPS) is 9.50. The van der Waals surface area contributed by atoms with Gasteiger partial charge in [0.05, 0.1) is 10.7 Å². The van der Waals surface area contributed by atoms with E-state index >= 15 is 0 Å². The molecule has 0 aliphatic carbocycles. The van der Waals surface area contributed by atoms with Crippen molar-refractivity contribution < 1.29 is 9.53 Å². The largest absolute Gasteiger partial charge is 0.427 e. The first-order valence-electron chi connectivity index (χ1n) is 3.33. The number of nitrogens with two attached hydrogens (primary N) is 1. The van der Waals surface area contributed by atoms with E-state index in [2.05, 4.69) is 0 Å². The van der Waals surface area contributed by atoms with Crippen LogP contribution in [0.2, 0.25) is 5.02 Å². The smallest absolute Gasteiger partial charge is 0.308 e. The van der Waals surface area contributed by atoms with E-state index < -0.39 is 0 Å². The van der Waals surface area contributed by atoms with Gasteiger partial charge in [-0.2, -0.15) is 0 Å². The van der Waals surface area contributed by atoms with Crippen molar-refractivity contribution in [2.75, 3.05) is 5.73 Å². The number of carbonyl (C=O) groups is 1. The molecule has 0 aromatic heterocycles. The van der Waals surface area contributed by atoms with E-state index in [0.29, 0.717) is 16.5 Å². The molecule has 0 radical (unpaired) electrons. The highest BCUT2D eigenvalue weighted by Crippen LogP contribution is 2.23. The minimum atomic E-state index is -0.378. The summed E-state index contributed by atoms with van der Waals surface area (Å²) in [6, 6.07) is 4.67. The van der Waals surface area contributed by atoms with Crippen molar-refractivity contribution >= 4 is 23.3 Å². The number of anilines is 1. The quantitative estimate of drug-likeness (QED) is 0.413. The molecule has 0 amide bonds. The fraction of sp³-hybridized carbons (Fsp3) is 0.125. The Kier molecular flexibility index (Phi) is 2.55. The summed E-state index contributed by atoms with van der Waals surface area (Å²) in [5.74, 6) is 0.0288. The number of hydrogen-bond acceptors (Lipinski definition) is 3. The van der Waals surface area contributed by atoms with Gasteiger partial charge in [0.15, 0.2) is 0 Å². The van der Waals surface area contributed by atoms with Crippen molar-refractivity contribution in [3.05, 3.63) is 23.2 Å². The standard InChI is InChI=1S/C8H8ClNO2/c1-5(11)12-6-2-3-7(9)8(10)4-6/h2-4H,10H2,1H3. The molecule has 2 N–H and O–H groups in total. The van der Waals surface area contributed by atoms with Gasteiger partial charge in [-0.25, -0.2) is 0 Å². The maximum atomic E-state index is 10.5. The molecule has 0 heterocycles. The first-order chi connectivity index (χ1) is 5.59. The Hall–Kier alpha value is -1.22. The Morgan fingerprint density at radius 2 is 2.25 bits per heavy atom. The van der Waals surface area contributed by atoms with Gasteiger partial charge in [0.25, 0.3) is 0 Å². The molecule has 12 heavy (non-hydrogen) atoms. The number of hydrogen-bond donors (Lipinski definition) is 1. The second kappa shape index (κ2) is 3.45. The average molecular weight is 186 g/mol. The lowest BCUT2D eigenvalue weighted by atomic mass is 10.3. The van der Waals surface area contributed by atoms with E-state index in [1.165, 1.54) is 13.0 Å². The highest BCUT2D eigenvalue weighted by atomic mass is 35.5. The lowest BCUT2D eigenvalue weighted by molar-refractivity contribution is -0.131. The van der Waals surface area contributed by atoms with Crippen LogP contribution in [-0.2, 0) is 4.79 Å². The number of esters is 1. The summed E-state index contributed by atoms with van der Waals surface area (Å²) in [6.45, 7) is 1.32. The molecular weight excluding hydrogens is 178 g/mol. The molecule has 1 aromatic rings. The maximum absolute atomic E-state index is 10.5. The van der Waals surface area contributed by atoms with Crippen molar-refractivity contribution in [2.24, 2.45) is 0 Å². The summed E-state index contributed by atoms with van der Waals surface area (Å²) in [5.41, 5.74) is 5.87. The van der Waals surface area contributed by atoms with Crippen LogP contribution in [0.3, 0.4) is 0 Å². The molecule has 64 valence electrons. The summed E-state index contributed by atoms with van der Waals surface area (Å²) in [4.78, 5) is 10.5. The van der Waals surface area contributed by atoms with Crippen LogP contribution in [0, 0.1) is 0 Å². The third kappa shape index (κ3) is 2.13. The van der Waals surface area contributed by atoms with Crippen molar-refractivity contribution in [1.82, 2.24) is 0 Å². The van der Waals surface area contributed by atoms with Gasteiger partial charge in [-0.3, -0.25) is 4.79 Å². The van der Waals surface area contributed by atoms with Gasteiger partial charge < -0.3 is 10.5 Å². The van der Waals surface area contributed by atoms with Crippen LogP contribution in [-0.4, -0.2) is 5.97 Å². The molecule has 0 bridgehead atoms. The number of carbonyl (C=O) groups excluding carboxylic acids is 1. The Morgan fingerprint density at radius 3 is 2.75 bits per heavy atom. The van der Waals surface area contributed by atoms with Crippen LogP contribution in [0.5, 0.6) is 5.75 Å². The molecule has 0 unspecified atom stereocenters. The highest BCUT2D eigenvalue weighted by Gasteiger charge is 2.00. The number of benzene rings is 1. The molecule has 0 spiro atoms. The maximum Gasteiger partial charge on any atom is 0.308 e. The summed E-state index contributed by atoms with van der Waals surface area (Å²) in [6.07, 6.45) is 0. The highest BCUT2D eigenvalue weighted by molar-refractivity contribution is 6.33. The zero-order valence-corrected chi connectivity index (χ0v) is 7.26. The van der Waals surface area contributed by atoms with Crippen molar-refractivity contribution in [1.29, 1.82) is 0 Å². The van der Waals surface area contributed by atoms with Crippen molar-refractivity contribution in [3.63, 3.8) is 0 Å². The SMILES string of the molecule is CC(=O)Oc1ccc(Cl)c(N)c1. The average Bonchev–Trinajstić information content (AvgIpc) is 1.96. The third-order valence-electron chi connectivity index (χ3n) is 1.23. The van der Waals surface area contributed by atoms with Gasteiger partial charge >= 0.3 is 5.97 Å². The van der Waals surface area contributed by atoms with E-state index in [0.717, 1.165) is 0 Å². The van der Waals surface area contributed by atoms with Crippen LogP contribution in [0.25, 0.3) is 0 Å². The number of nitrogen functional groups attached to an aromatic ring is 1. The number of halogens is 1. The molecule has 0 saturated carbocycles. The summed E-state index contributed by atoms with van der Waals surface area (Å²) in [7, 11) is 0. The fourth-order valence-electron chi connectivity index (χ4n) is 0.751. The van der Waals surface area contributed by atoms with Crippen LogP contribution < -0.4 is 10.5 Å². The fourth-order valence-corrected chi connectivity index (χ4v) is 0.869. The topological polar surface area (TPSA) is 52.3 Å². The monoisotopic (exact) mass is 185 g/mol. The molecule has 0 aliphatic heterocycles. The number of ether oxygens (including phenoxy) is 1.